The number of rotatable bonds is 5. The minimum atomic E-state index is -0.493. The van der Waals surface area contributed by atoms with Crippen molar-refractivity contribution in [2.75, 3.05) is 6.61 Å². The first-order valence-electron chi connectivity index (χ1n) is 8.33. The fraction of sp³-hybridized carbons (Fsp3) is 0.444. The summed E-state index contributed by atoms with van der Waals surface area (Å²) in [5.41, 5.74) is 1.70. The van der Waals surface area contributed by atoms with E-state index >= 15 is 0 Å². The van der Waals surface area contributed by atoms with Gasteiger partial charge in [-0.25, -0.2) is 4.39 Å². The van der Waals surface area contributed by atoms with Crippen LogP contribution < -0.4 is 10.1 Å². The van der Waals surface area contributed by atoms with Gasteiger partial charge in [0.05, 0.1) is 17.6 Å². The van der Waals surface area contributed by atoms with Crippen LogP contribution in [-0.2, 0) is 0 Å². The summed E-state index contributed by atoms with van der Waals surface area (Å²) in [5, 5.41) is 7.27. The molecule has 0 aliphatic carbocycles. The highest BCUT2D eigenvalue weighted by Gasteiger charge is 2.30. The summed E-state index contributed by atoms with van der Waals surface area (Å²) in [4.78, 5) is 12.5. The molecule has 3 rings (SSSR count). The Morgan fingerprint density at radius 1 is 1.46 bits per heavy atom. The maximum atomic E-state index is 14.0. The molecule has 1 aliphatic rings. The zero-order valence-corrected chi connectivity index (χ0v) is 14.2. The van der Waals surface area contributed by atoms with Gasteiger partial charge in [-0.15, -0.1) is 0 Å². The maximum Gasteiger partial charge on any atom is 0.272 e. The van der Waals surface area contributed by atoms with E-state index in [9.17, 15) is 9.18 Å². The van der Waals surface area contributed by atoms with Crippen molar-refractivity contribution in [2.24, 2.45) is 0 Å². The quantitative estimate of drug-likeness (QED) is 0.911. The van der Waals surface area contributed by atoms with E-state index in [1.807, 2.05) is 11.6 Å². The molecule has 24 heavy (non-hydrogen) atoms. The molecule has 0 radical (unpaired) electrons. The first kappa shape index (κ1) is 16.5. The number of benzene rings is 1. The highest BCUT2D eigenvalue weighted by molar-refractivity contribution is 5.92. The highest BCUT2D eigenvalue weighted by Crippen LogP contribution is 2.34. The van der Waals surface area contributed by atoms with Gasteiger partial charge in [-0.2, -0.15) is 5.10 Å². The number of ether oxygens (including phenoxy) is 1. The van der Waals surface area contributed by atoms with Crippen LogP contribution in [0.4, 0.5) is 4.39 Å². The lowest BCUT2D eigenvalue weighted by Crippen LogP contribution is -2.30. The number of nitrogens with zero attached hydrogens (tertiary/aromatic N) is 2. The molecule has 2 heterocycles. The van der Waals surface area contributed by atoms with E-state index < -0.39 is 6.04 Å². The Balaban J connectivity index is 1.79. The molecule has 0 saturated heterocycles. The molecule has 1 aromatic heterocycles. The van der Waals surface area contributed by atoms with Crippen LogP contribution in [0.15, 0.2) is 24.3 Å². The van der Waals surface area contributed by atoms with Gasteiger partial charge in [0.2, 0.25) is 0 Å². The number of hydrogen-bond donors (Lipinski definition) is 1. The number of carbonyl (C=O) groups excluding carboxylic acids is 1. The summed E-state index contributed by atoms with van der Waals surface area (Å²) in [6.07, 6.45) is 1.91. The van der Waals surface area contributed by atoms with Gasteiger partial charge >= 0.3 is 0 Å². The molecule has 128 valence electrons. The molecule has 0 fully saturated rings. The molecule has 0 spiro atoms. The molecule has 1 amide bonds. The summed E-state index contributed by atoms with van der Waals surface area (Å²) in [6, 6.07) is 6.23. The summed E-state index contributed by atoms with van der Waals surface area (Å²) in [5.74, 6) is -0.194. The minimum Gasteiger partial charge on any atom is -0.491 e. The third kappa shape index (κ3) is 2.88. The average Bonchev–Trinajstić information content (AvgIpc) is 3.14. The van der Waals surface area contributed by atoms with Crippen LogP contribution >= 0.6 is 0 Å². The Morgan fingerprint density at radius 2 is 2.21 bits per heavy atom. The number of halogens is 1. The van der Waals surface area contributed by atoms with Crippen molar-refractivity contribution in [2.45, 2.75) is 45.7 Å². The number of fused-ring (bicyclic) bond motifs is 1. The highest BCUT2D eigenvalue weighted by atomic mass is 19.1. The zero-order chi connectivity index (χ0) is 17.3. The van der Waals surface area contributed by atoms with Gasteiger partial charge in [0.25, 0.3) is 5.91 Å². The van der Waals surface area contributed by atoms with E-state index in [-0.39, 0.29) is 24.4 Å². The molecule has 1 aliphatic heterocycles. The van der Waals surface area contributed by atoms with Crippen LogP contribution in [-0.4, -0.2) is 22.3 Å². The lowest BCUT2D eigenvalue weighted by Gasteiger charge is -2.15. The second kappa shape index (κ2) is 6.63. The Morgan fingerprint density at radius 3 is 2.92 bits per heavy atom. The summed E-state index contributed by atoms with van der Waals surface area (Å²) in [6.45, 7) is 6.37. The van der Waals surface area contributed by atoms with Gasteiger partial charge < -0.3 is 10.1 Å². The topological polar surface area (TPSA) is 56.2 Å². The van der Waals surface area contributed by atoms with Crippen molar-refractivity contribution in [3.63, 3.8) is 0 Å². The fourth-order valence-electron chi connectivity index (χ4n) is 3.19. The predicted octanol–water partition coefficient (Wildman–Crippen LogP) is 3.56. The van der Waals surface area contributed by atoms with Gasteiger partial charge in [0, 0.05) is 5.69 Å². The Labute approximate surface area is 140 Å². The molecule has 0 saturated carbocycles. The van der Waals surface area contributed by atoms with Gasteiger partial charge in [0.1, 0.15) is 23.9 Å². The minimum absolute atomic E-state index is 0.230. The lowest BCUT2D eigenvalue weighted by atomic mass is 10.1. The molecule has 1 atom stereocenters. The second-order valence-corrected chi connectivity index (χ2v) is 6.07. The van der Waals surface area contributed by atoms with Gasteiger partial charge in [-0.1, -0.05) is 19.9 Å². The lowest BCUT2D eigenvalue weighted by molar-refractivity contribution is 0.0923. The Hall–Kier alpha value is -2.37. The van der Waals surface area contributed by atoms with Crippen LogP contribution in [0.25, 0.3) is 0 Å². The Kier molecular flexibility index (Phi) is 4.55. The van der Waals surface area contributed by atoms with E-state index in [2.05, 4.69) is 24.3 Å². The average molecular weight is 331 g/mol. The molecule has 5 nitrogen and oxygen atoms in total. The van der Waals surface area contributed by atoms with Crippen molar-refractivity contribution in [1.82, 2.24) is 15.1 Å². The maximum absolute atomic E-state index is 14.0. The monoisotopic (exact) mass is 331 g/mol. The normalized spacial score (nSPS) is 16.1. The SMILES string of the molecule is CCC(CC)n1nc(C(=O)NC2COc3cccc(F)c32)cc1C. The number of nitrogens with one attached hydrogen (secondary N) is 1. The zero-order valence-electron chi connectivity index (χ0n) is 14.2. The number of aromatic nitrogens is 2. The van der Waals surface area contributed by atoms with Crippen LogP contribution in [0.2, 0.25) is 0 Å². The van der Waals surface area contributed by atoms with Crippen molar-refractivity contribution >= 4 is 5.91 Å². The molecule has 0 bridgehead atoms. The molecule has 1 unspecified atom stereocenters. The molecule has 2 aromatic rings. The third-order valence-electron chi connectivity index (χ3n) is 4.52. The van der Waals surface area contributed by atoms with Gasteiger partial charge in [0.15, 0.2) is 0 Å². The number of amides is 1. The van der Waals surface area contributed by atoms with E-state index in [0.717, 1.165) is 18.5 Å². The van der Waals surface area contributed by atoms with E-state index in [1.165, 1.54) is 6.07 Å². The molecule has 1 aromatic carbocycles. The number of aryl methyl sites for hydroxylation is 1. The standard InChI is InChI=1S/C18H22FN3O2/c1-4-12(5-2)22-11(3)9-14(21-22)18(23)20-15-10-24-16-8-6-7-13(19)17(15)16/h6-9,12,15H,4-5,10H2,1-3H3,(H,20,23). The smallest absolute Gasteiger partial charge is 0.272 e. The largest absolute Gasteiger partial charge is 0.491 e. The van der Waals surface area contributed by atoms with E-state index in [0.29, 0.717) is 17.0 Å². The van der Waals surface area contributed by atoms with Crippen molar-refractivity contribution in [3.05, 3.63) is 47.0 Å². The summed E-state index contributed by atoms with van der Waals surface area (Å²) in [7, 11) is 0. The van der Waals surface area contributed by atoms with Gasteiger partial charge in [-0.05, 0) is 38.0 Å². The first-order valence-corrected chi connectivity index (χ1v) is 8.33. The van der Waals surface area contributed by atoms with Crippen LogP contribution in [0.5, 0.6) is 5.75 Å². The predicted molar refractivity (Wildman–Crippen MR) is 88.7 cm³/mol. The van der Waals surface area contributed by atoms with E-state index in [1.54, 1.807) is 18.2 Å². The van der Waals surface area contributed by atoms with Gasteiger partial charge in [-0.3, -0.25) is 9.48 Å². The molecular formula is C18H22FN3O2. The van der Waals surface area contributed by atoms with Crippen molar-refractivity contribution < 1.29 is 13.9 Å². The summed E-state index contributed by atoms with van der Waals surface area (Å²) >= 11 is 0. The van der Waals surface area contributed by atoms with Crippen LogP contribution in [0, 0.1) is 12.7 Å². The fourth-order valence-corrected chi connectivity index (χ4v) is 3.19. The van der Waals surface area contributed by atoms with Crippen molar-refractivity contribution in [3.8, 4) is 5.75 Å². The third-order valence-corrected chi connectivity index (χ3v) is 4.52. The summed E-state index contributed by atoms with van der Waals surface area (Å²) < 4.78 is 21.4. The van der Waals surface area contributed by atoms with Crippen LogP contribution in [0.3, 0.4) is 0 Å². The second-order valence-electron chi connectivity index (χ2n) is 6.07. The molecule has 6 heteroatoms. The van der Waals surface area contributed by atoms with E-state index in [4.69, 9.17) is 4.74 Å². The molecular weight excluding hydrogens is 309 g/mol. The molecule has 1 N–H and O–H groups in total. The van der Waals surface area contributed by atoms with Crippen molar-refractivity contribution in [1.29, 1.82) is 0 Å². The first-order chi connectivity index (χ1) is 11.5. The van der Waals surface area contributed by atoms with Crippen LogP contribution in [0.1, 0.15) is 60.5 Å². The Bertz CT molecular complexity index is 753. The number of hydrogen-bond acceptors (Lipinski definition) is 3. The number of carbonyl (C=O) groups is 1.